The van der Waals surface area contributed by atoms with Crippen molar-refractivity contribution in [3.63, 3.8) is 0 Å². The van der Waals surface area contributed by atoms with Crippen molar-refractivity contribution in [2.45, 2.75) is 51.2 Å². The predicted molar refractivity (Wildman–Crippen MR) is 68.0 cm³/mol. The van der Waals surface area contributed by atoms with Gasteiger partial charge in [-0.05, 0) is 25.7 Å². The van der Waals surface area contributed by atoms with E-state index in [2.05, 4.69) is 15.3 Å². The maximum atomic E-state index is 11.9. The fourth-order valence-corrected chi connectivity index (χ4v) is 2.26. The molecule has 2 atom stereocenters. The fourth-order valence-electron chi connectivity index (χ4n) is 2.26. The maximum Gasteiger partial charge on any atom is 0.223 e. The van der Waals surface area contributed by atoms with E-state index >= 15 is 0 Å². The number of H-pyrrole nitrogens is 1. The van der Waals surface area contributed by atoms with E-state index in [1.165, 1.54) is 0 Å². The largest absolute Gasteiger partial charge is 0.378 e. The second-order valence-corrected chi connectivity index (χ2v) is 4.70. The molecule has 0 saturated carbocycles. The van der Waals surface area contributed by atoms with Crippen molar-refractivity contribution in [2.75, 3.05) is 6.61 Å². The fraction of sp³-hybridized carbons (Fsp3) is 0.692. The number of hydrogen-bond donors (Lipinski definition) is 2. The first-order valence-corrected chi connectivity index (χ1v) is 6.70. The number of amides is 1. The van der Waals surface area contributed by atoms with E-state index < -0.39 is 0 Å². The molecule has 1 saturated heterocycles. The molecule has 5 heteroatoms. The highest BCUT2D eigenvalue weighted by Crippen LogP contribution is 2.17. The zero-order valence-electron chi connectivity index (χ0n) is 10.8. The number of nitrogens with one attached hydrogen (secondary N) is 2. The molecule has 2 heterocycles. The minimum absolute atomic E-state index is 0.0314. The molecule has 1 aromatic rings. The quantitative estimate of drug-likeness (QED) is 0.840. The highest BCUT2D eigenvalue weighted by Gasteiger charge is 2.20. The molecule has 0 bridgehead atoms. The van der Waals surface area contributed by atoms with Gasteiger partial charge in [-0.2, -0.15) is 0 Å². The van der Waals surface area contributed by atoms with Crippen molar-refractivity contribution in [1.82, 2.24) is 15.3 Å². The number of aromatic amines is 1. The number of ether oxygens (including phenoxy) is 1. The van der Waals surface area contributed by atoms with Crippen LogP contribution in [0.4, 0.5) is 0 Å². The lowest BCUT2D eigenvalue weighted by Gasteiger charge is -2.23. The van der Waals surface area contributed by atoms with Crippen LogP contribution in [0.15, 0.2) is 12.4 Å². The van der Waals surface area contributed by atoms with Gasteiger partial charge in [0.2, 0.25) is 5.91 Å². The van der Waals surface area contributed by atoms with Crippen LogP contribution >= 0.6 is 0 Å². The first-order chi connectivity index (χ1) is 8.79. The highest BCUT2D eigenvalue weighted by molar-refractivity contribution is 5.76. The Labute approximate surface area is 107 Å². The van der Waals surface area contributed by atoms with Crippen LogP contribution in [0.5, 0.6) is 0 Å². The molecule has 5 nitrogen and oxygen atoms in total. The molecule has 1 aliphatic rings. The molecule has 0 radical (unpaired) electrons. The zero-order chi connectivity index (χ0) is 12.8. The Hall–Kier alpha value is -1.36. The van der Waals surface area contributed by atoms with Gasteiger partial charge in [-0.1, -0.05) is 6.92 Å². The van der Waals surface area contributed by atoms with E-state index in [9.17, 15) is 4.79 Å². The standard InChI is InChI=1S/C13H21N3O2/c1-2-11(13-14-6-7-15-13)16-12(17)9-10-5-3-4-8-18-10/h6-7,10-11H,2-5,8-9H2,1H3,(H,14,15)(H,16,17). The monoisotopic (exact) mass is 251 g/mol. The van der Waals surface area contributed by atoms with Crippen LogP contribution in [-0.2, 0) is 9.53 Å². The lowest BCUT2D eigenvalue weighted by molar-refractivity contribution is -0.125. The van der Waals surface area contributed by atoms with Crippen molar-refractivity contribution in [3.05, 3.63) is 18.2 Å². The Morgan fingerprint density at radius 2 is 2.56 bits per heavy atom. The van der Waals surface area contributed by atoms with Crippen LogP contribution in [0.1, 0.15) is 50.9 Å². The minimum Gasteiger partial charge on any atom is -0.378 e. The van der Waals surface area contributed by atoms with E-state index in [4.69, 9.17) is 4.74 Å². The summed E-state index contributed by atoms with van der Waals surface area (Å²) in [5.74, 6) is 0.862. The highest BCUT2D eigenvalue weighted by atomic mass is 16.5. The van der Waals surface area contributed by atoms with Crippen molar-refractivity contribution < 1.29 is 9.53 Å². The first-order valence-electron chi connectivity index (χ1n) is 6.70. The molecule has 0 aromatic carbocycles. The summed E-state index contributed by atoms with van der Waals surface area (Å²) in [6, 6.07) is -0.0314. The third kappa shape index (κ3) is 3.57. The first kappa shape index (κ1) is 13.1. The van der Waals surface area contributed by atoms with Crippen LogP contribution < -0.4 is 5.32 Å². The van der Waals surface area contributed by atoms with Gasteiger partial charge in [0, 0.05) is 19.0 Å². The average Bonchev–Trinajstić information content (AvgIpc) is 2.91. The van der Waals surface area contributed by atoms with Gasteiger partial charge in [0.25, 0.3) is 0 Å². The number of aromatic nitrogens is 2. The molecule has 0 aliphatic carbocycles. The van der Waals surface area contributed by atoms with Crippen LogP contribution in [-0.4, -0.2) is 28.6 Å². The Morgan fingerprint density at radius 3 is 3.17 bits per heavy atom. The minimum atomic E-state index is -0.0314. The predicted octanol–water partition coefficient (Wildman–Crippen LogP) is 1.94. The SMILES string of the molecule is CCC(NC(=O)CC1CCCCO1)c1ncc[nH]1. The lowest BCUT2D eigenvalue weighted by Crippen LogP contribution is -2.33. The van der Waals surface area contributed by atoms with Gasteiger partial charge in [0.1, 0.15) is 5.82 Å². The van der Waals surface area contributed by atoms with Crippen LogP contribution in [0.2, 0.25) is 0 Å². The van der Waals surface area contributed by atoms with Crippen molar-refractivity contribution >= 4 is 5.91 Å². The average molecular weight is 251 g/mol. The molecule has 2 N–H and O–H groups in total. The van der Waals surface area contributed by atoms with Gasteiger partial charge < -0.3 is 15.0 Å². The third-order valence-electron chi connectivity index (χ3n) is 3.28. The Morgan fingerprint density at radius 1 is 1.67 bits per heavy atom. The normalized spacial score (nSPS) is 21.5. The molecule has 2 rings (SSSR count). The smallest absolute Gasteiger partial charge is 0.223 e. The molecule has 2 unspecified atom stereocenters. The lowest BCUT2D eigenvalue weighted by atomic mass is 10.1. The van der Waals surface area contributed by atoms with Crippen LogP contribution in [0.3, 0.4) is 0 Å². The van der Waals surface area contributed by atoms with Gasteiger partial charge in [0.15, 0.2) is 0 Å². The number of rotatable bonds is 5. The molecule has 1 aliphatic heterocycles. The van der Waals surface area contributed by atoms with Crippen molar-refractivity contribution in [2.24, 2.45) is 0 Å². The van der Waals surface area contributed by atoms with Gasteiger partial charge in [0.05, 0.1) is 18.6 Å². The van der Waals surface area contributed by atoms with Crippen LogP contribution in [0, 0.1) is 0 Å². The van der Waals surface area contributed by atoms with E-state index in [1.54, 1.807) is 12.4 Å². The van der Waals surface area contributed by atoms with E-state index in [0.29, 0.717) is 6.42 Å². The third-order valence-corrected chi connectivity index (χ3v) is 3.28. The number of nitrogens with zero attached hydrogens (tertiary/aromatic N) is 1. The Balaban J connectivity index is 1.82. The van der Waals surface area contributed by atoms with Gasteiger partial charge in [-0.15, -0.1) is 0 Å². The second-order valence-electron chi connectivity index (χ2n) is 4.70. The number of carbonyl (C=O) groups excluding carboxylic acids is 1. The maximum absolute atomic E-state index is 11.9. The summed E-state index contributed by atoms with van der Waals surface area (Å²) in [6.07, 6.45) is 8.11. The van der Waals surface area contributed by atoms with E-state index in [0.717, 1.165) is 38.1 Å². The van der Waals surface area contributed by atoms with Gasteiger partial charge >= 0.3 is 0 Å². The summed E-state index contributed by atoms with van der Waals surface area (Å²) in [4.78, 5) is 19.2. The van der Waals surface area contributed by atoms with E-state index in [1.807, 2.05) is 6.92 Å². The summed E-state index contributed by atoms with van der Waals surface area (Å²) in [5.41, 5.74) is 0. The number of hydrogen-bond acceptors (Lipinski definition) is 3. The molecule has 1 aromatic heterocycles. The summed E-state index contributed by atoms with van der Waals surface area (Å²) >= 11 is 0. The summed E-state index contributed by atoms with van der Waals surface area (Å²) in [6.45, 7) is 2.82. The van der Waals surface area contributed by atoms with Gasteiger partial charge in [-0.25, -0.2) is 4.98 Å². The Kier molecular flexibility index (Phi) is 4.75. The summed E-state index contributed by atoms with van der Waals surface area (Å²) in [7, 11) is 0. The molecular formula is C13H21N3O2. The molecule has 0 spiro atoms. The number of carbonyl (C=O) groups is 1. The van der Waals surface area contributed by atoms with Crippen molar-refractivity contribution in [3.8, 4) is 0 Å². The summed E-state index contributed by atoms with van der Waals surface area (Å²) in [5, 5.41) is 3.00. The topological polar surface area (TPSA) is 67.0 Å². The van der Waals surface area contributed by atoms with E-state index in [-0.39, 0.29) is 18.1 Å². The summed E-state index contributed by atoms with van der Waals surface area (Å²) < 4.78 is 5.57. The molecule has 1 fully saturated rings. The Bertz CT molecular complexity index is 358. The van der Waals surface area contributed by atoms with Gasteiger partial charge in [-0.3, -0.25) is 4.79 Å². The van der Waals surface area contributed by atoms with Crippen molar-refractivity contribution in [1.29, 1.82) is 0 Å². The molecule has 18 heavy (non-hydrogen) atoms. The van der Waals surface area contributed by atoms with Crippen LogP contribution in [0.25, 0.3) is 0 Å². The molecular weight excluding hydrogens is 230 g/mol. The molecule has 1 amide bonds. The second kappa shape index (κ2) is 6.54. The zero-order valence-corrected chi connectivity index (χ0v) is 10.8. The molecule has 100 valence electrons. The number of imidazole rings is 1.